The Labute approximate surface area is 116 Å². The smallest absolute Gasteiger partial charge is 0.356 e. The van der Waals surface area contributed by atoms with Crippen LogP contribution in [0.3, 0.4) is 0 Å². The number of hydrogen-bond acceptors (Lipinski definition) is 2. The fraction of sp³-hybridized carbons (Fsp3) is 0.308. The van der Waals surface area contributed by atoms with Crippen LogP contribution in [0.2, 0.25) is 0 Å². The zero-order valence-corrected chi connectivity index (χ0v) is 10.6. The largest absolute Gasteiger partial charge is 0.434 e. The first kappa shape index (κ1) is 13.8. The molecular formula is C13H10F5N3. The molecule has 21 heavy (non-hydrogen) atoms. The summed E-state index contributed by atoms with van der Waals surface area (Å²) in [6.07, 6.45) is -3.57. The third-order valence-electron chi connectivity index (χ3n) is 3.39. The number of hydrogen-bond donors (Lipinski definition) is 1. The van der Waals surface area contributed by atoms with E-state index in [0.29, 0.717) is 0 Å². The lowest BCUT2D eigenvalue weighted by atomic mass is 10.0. The first-order chi connectivity index (χ1) is 9.88. The summed E-state index contributed by atoms with van der Waals surface area (Å²) >= 11 is 0. The normalized spacial score (nSPS) is 18.2. The van der Waals surface area contributed by atoms with Gasteiger partial charge >= 0.3 is 6.18 Å². The minimum absolute atomic E-state index is 0.0405. The van der Waals surface area contributed by atoms with Crippen molar-refractivity contribution in [2.75, 3.05) is 11.9 Å². The summed E-state index contributed by atoms with van der Waals surface area (Å²) in [5, 5.41) is 2.70. The molecule has 0 bridgehead atoms. The van der Waals surface area contributed by atoms with Gasteiger partial charge in [0.2, 0.25) is 5.95 Å². The van der Waals surface area contributed by atoms with Gasteiger partial charge in [0, 0.05) is 18.3 Å². The highest BCUT2D eigenvalue weighted by atomic mass is 19.4. The van der Waals surface area contributed by atoms with Crippen LogP contribution in [0.1, 0.15) is 23.7 Å². The number of fused-ring (bicyclic) bond motifs is 1. The third-order valence-corrected chi connectivity index (χ3v) is 3.39. The number of anilines is 1. The van der Waals surface area contributed by atoms with Crippen molar-refractivity contribution in [2.45, 2.75) is 18.6 Å². The summed E-state index contributed by atoms with van der Waals surface area (Å²) in [6.45, 7) is 0.284. The molecule has 1 aromatic carbocycles. The molecule has 112 valence electrons. The van der Waals surface area contributed by atoms with Crippen LogP contribution in [0.4, 0.5) is 27.9 Å². The zero-order valence-electron chi connectivity index (χ0n) is 10.6. The van der Waals surface area contributed by atoms with Gasteiger partial charge in [-0.15, -0.1) is 0 Å². The maximum absolute atomic E-state index is 13.9. The molecule has 1 unspecified atom stereocenters. The molecular weight excluding hydrogens is 293 g/mol. The Morgan fingerprint density at radius 3 is 2.48 bits per heavy atom. The molecule has 8 heteroatoms. The van der Waals surface area contributed by atoms with Crippen LogP contribution in [-0.2, 0) is 6.18 Å². The minimum atomic E-state index is -4.61. The van der Waals surface area contributed by atoms with Crippen molar-refractivity contribution in [1.29, 1.82) is 0 Å². The summed E-state index contributed by atoms with van der Waals surface area (Å²) < 4.78 is 67.0. The molecule has 2 heterocycles. The van der Waals surface area contributed by atoms with E-state index in [9.17, 15) is 22.0 Å². The molecule has 1 atom stereocenters. The van der Waals surface area contributed by atoms with E-state index in [0.717, 1.165) is 22.9 Å². The molecule has 1 aromatic heterocycles. The maximum atomic E-state index is 13.9. The number of halogens is 5. The lowest BCUT2D eigenvalue weighted by Crippen LogP contribution is -2.24. The van der Waals surface area contributed by atoms with Crippen LogP contribution < -0.4 is 5.32 Å². The van der Waals surface area contributed by atoms with E-state index in [2.05, 4.69) is 10.3 Å². The SMILES string of the molecule is Fc1cccc(F)c1C1CCNc2nc(C(F)(F)F)cn21. The molecule has 0 saturated carbocycles. The number of aromatic nitrogens is 2. The van der Waals surface area contributed by atoms with Crippen LogP contribution in [0, 0.1) is 11.6 Å². The molecule has 0 fully saturated rings. The van der Waals surface area contributed by atoms with E-state index < -0.39 is 29.5 Å². The molecule has 0 aliphatic carbocycles. The number of nitrogens with zero attached hydrogens (tertiary/aromatic N) is 2. The second-order valence-corrected chi connectivity index (χ2v) is 4.72. The van der Waals surface area contributed by atoms with Gasteiger partial charge in [-0.05, 0) is 18.6 Å². The molecule has 3 rings (SSSR count). The van der Waals surface area contributed by atoms with Gasteiger partial charge in [0.15, 0.2) is 5.69 Å². The van der Waals surface area contributed by atoms with Crippen LogP contribution in [-0.4, -0.2) is 16.1 Å². The van der Waals surface area contributed by atoms with E-state index in [1.165, 1.54) is 6.07 Å². The molecule has 0 saturated heterocycles. The third kappa shape index (κ3) is 2.34. The second-order valence-electron chi connectivity index (χ2n) is 4.72. The average molecular weight is 303 g/mol. The Morgan fingerprint density at radius 2 is 1.86 bits per heavy atom. The maximum Gasteiger partial charge on any atom is 0.434 e. The van der Waals surface area contributed by atoms with Crippen molar-refractivity contribution < 1.29 is 22.0 Å². The van der Waals surface area contributed by atoms with Gasteiger partial charge in [0.25, 0.3) is 0 Å². The molecule has 0 radical (unpaired) electrons. The fourth-order valence-electron chi connectivity index (χ4n) is 2.47. The van der Waals surface area contributed by atoms with Gasteiger partial charge in [0.05, 0.1) is 6.04 Å². The van der Waals surface area contributed by atoms with Crippen molar-refractivity contribution in [1.82, 2.24) is 9.55 Å². The quantitative estimate of drug-likeness (QED) is 0.816. The highest BCUT2D eigenvalue weighted by Gasteiger charge is 2.37. The Balaban J connectivity index is 2.11. The lowest BCUT2D eigenvalue weighted by Gasteiger charge is -2.26. The van der Waals surface area contributed by atoms with Crippen LogP contribution in [0.25, 0.3) is 0 Å². The number of alkyl halides is 3. The molecule has 1 N–H and O–H groups in total. The first-order valence-electron chi connectivity index (χ1n) is 6.22. The first-order valence-corrected chi connectivity index (χ1v) is 6.22. The molecule has 1 aliphatic rings. The van der Waals surface area contributed by atoms with Crippen molar-refractivity contribution in [3.63, 3.8) is 0 Å². The van der Waals surface area contributed by atoms with E-state index in [4.69, 9.17) is 0 Å². The van der Waals surface area contributed by atoms with E-state index in [1.807, 2.05) is 0 Å². The number of imidazole rings is 1. The predicted octanol–water partition coefficient (Wildman–Crippen LogP) is 3.59. The van der Waals surface area contributed by atoms with Gasteiger partial charge in [-0.3, -0.25) is 0 Å². The van der Waals surface area contributed by atoms with Gasteiger partial charge in [-0.2, -0.15) is 13.2 Å². The molecule has 0 spiro atoms. The zero-order chi connectivity index (χ0) is 15.2. The van der Waals surface area contributed by atoms with Crippen LogP contribution >= 0.6 is 0 Å². The van der Waals surface area contributed by atoms with Gasteiger partial charge in [-0.25, -0.2) is 13.8 Å². The summed E-state index contributed by atoms with van der Waals surface area (Å²) in [4.78, 5) is 3.44. The van der Waals surface area contributed by atoms with Gasteiger partial charge < -0.3 is 9.88 Å². The van der Waals surface area contributed by atoms with Crippen molar-refractivity contribution in [3.8, 4) is 0 Å². The van der Waals surface area contributed by atoms with Crippen LogP contribution in [0.15, 0.2) is 24.4 Å². The Kier molecular flexibility index (Phi) is 3.11. The van der Waals surface area contributed by atoms with E-state index in [1.54, 1.807) is 0 Å². The van der Waals surface area contributed by atoms with Crippen molar-refractivity contribution in [3.05, 3.63) is 47.3 Å². The molecule has 1 aliphatic heterocycles. The van der Waals surface area contributed by atoms with Crippen molar-refractivity contribution in [2.24, 2.45) is 0 Å². The average Bonchev–Trinajstić information content (AvgIpc) is 2.83. The second kappa shape index (κ2) is 4.71. The molecule has 0 amide bonds. The Hall–Kier alpha value is -2.12. The minimum Gasteiger partial charge on any atom is -0.356 e. The lowest BCUT2D eigenvalue weighted by molar-refractivity contribution is -0.140. The highest BCUT2D eigenvalue weighted by Crippen LogP contribution is 2.36. The number of rotatable bonds is 1. The monoisotopic (exact) mass is 303 g/mol. The molecule has 2 aromatic rings. The van der Waals surface area contributed by atoms with Gasteiger partial charge in [-0.1, -0.05) is 6.07 Å². The summed E-state index contributed by atoms with van der Waals surface area (Å²) in [5.41, 5.74) is -1.33. The highest BCUT2D eigenvalue weighted by molar-refractivity contribution is 5.37. The summed E-state index contributed by atoms with van der Waals surface area (Å²) in [5.74, 6) is -1.61. The Bertz CT molecular complexity index is 657. The van der Waals surface area contributed by atoms with E-state index in [-0.39, 0.29) is 24.5 Å². The van der Waals surface area contributed by atoms with E-state index >= 15 is 0 Å². The van der Waals surface area contributed by atoms with Gasteiger partial charge in [0.1, 0.15) is 11.6 Å². The predicted molar refractivity (Wildman–Crippen MR) is 64.8 cm³/mol. The summed E-state index contributed by atoms with van der Waals surface area (Å²) in [7, 11) is 0. The fourth-order valence-corrected chi connectivity index (χ4v) is 2.47. The standard InChI is InChI=1S/C13H10F5N3/c14-7-2-1-3-8(15)11(7)9-4-5-19-12-20-10(6-21(9)12)13(16,17)18/h1-3,6,9H,4-5H2,(H,19,20). The number of benzene rings is 1. The Morgan fingerprint density at radius 1 is 1.19 bits per heavy atom. The summed E-state index contributed by atoms with van der Waals surface area (Å²) in [6, 6.07) is 2.53. The van der Waals surface area contributed by atoms with Crippen LogP contribution in [0.5, 0.6) is 0 Å². The molecule has 3 nitrogen and oxygen atoms in total. The topological polar surface area (TPSA) is 29.9 Å². The number of nitrogens with one attached hydrogen (secondary N) is 1. The van der Waals surface area contributed by atoms with Crippen molar-refractivity contribution >= 4 is 5.95 Å².